The molecule has 32 heavy (non-hydrogen) atoms. The van der Waals surface area contributed by atoms with Gasteiger partial charge in [0.2, 0.25) is 5.91 Å². The van der Waals surface area contributed by atoms with Crippen LogP contribution >= 0.6 is 11.6 Å². The molecule has 0 aromatic heterocycles. The number of piperazine rings is 1. The Bertz CT molecular complexity index is 979. The first-order valence-corrected chi connectivity index (χ1v) is 10.7. The van der Waals surface area contributed by atoms with Gasteiger partial charge in [-0.05, 0) is 18.2 Å². The number of fused-ring (bicyclic) bond motifs is 1. The molecule has 0 unspecified atom stereocenters. The Kier molecular flexibility index (Phi) is 6.66. The number of rotatable bonds is 4. The average Bonchev–Trinajstić information content (AvgIpc) is 2.99. The topological polar surface area (TPSA) is 54.0 Å². The molecule has 2 heterocycles. The van der Waals surface area contributed by atoms with Gasteiger partial charge < -0.3 is 19.7 Å². The Balaban J connectivity index is 1.32. The summed E-state index contributed by atoms with van der Waals surface area (Å²) in [4.78, 5) is 16.4. The summed E-state index contributed by atoms with van der Waals surface area (Å²) < 4.78 is 50.1. The number of halogens is 4. The van der Waals surface area contributed by atoms with Gasteiger partial charge in [-0.25, -0.2) is 0 Å². The highest BCUT2D eigenvalue weighted by Crippen LogP contribution is 2.37. The molecule has 1 fully saturated rings. The summed E-state index contributed by atoms with van der Waals surface area (Å²) >= 11 is 6.28. The van der Waals surface area contributed by atoms with Crippen LogP contribution < -0.4 is 19.7 Å². The summed E-state index contributed by atoms with van der Waals surface area (Å²) in [7, 11) is 0. The lowest BCUT2D eigenvalue weighted by molar-refractivity contribution is -0.137. The second-order valence-electron chi connectivity index (χ2n) is 7.69. The Morgan fingerprint density at radius 3 is 2.41 bits per heavy atom. The second-order valence-corrected chi connectivity index (χ2v) is 8.10. The fraction of sp³-hybridized carbons (Fsp3) is 0.409. The summed E-state index contributed by atoms with van der Waals surface area (Å²) in [5.41, 5.74) is 0.315. The fourth-order valence-electron chi connectivity index (χ4n) is 3.72. The predicted octanol–water partition coefficient (Wildman–Crippen LogP) is 4.28. The van der Waals surface area contributed by atoms with Crippen LogP contribution in [-0.2, 0) is 11.0 Å². The molecule has 1 saturated heterocycles. The lowest BCUT2D eigenvalue weighted by Crippen LogP contribution is -2.48. The van der Waals surface area contributed by atoms with Crippen molar-refractivity contribution in [3.05, 3.63) is 47.0 Å². The van der Waals surface area contributed by atoms with Gasteiger partial charge in [-0.2, -0.15) is 13.2 Å². The third-order valence-corrected chi connectivity index (χ3v) is 5.70. The van der Waals surface area contributed by atoms with Crippen molar-refractivity contribution in [2.45, 2.75) is 12.6 Å². The number of hydrogen-bond donors (Lipinski definition) is 1. The third kappa shape index (κ3) is 5.39. The van der Waals surface area contributed by atoms with Crippen LogP contribution in [0.25, 0.3) is 0 Å². The number of carbonyl (C=O) groups is 1. The number of carbonyl (C=O) groups excluding carboxylic acids is 1. The van der Waals surface area contributed by atoms with Crippen molar-refractivity contribution in [1.82, 2.24) is 4.90 Å². The summed E-state index contributed by atoms with van der Waals surface area (Å²) in [6.07, 6.45) is -3.61. The van der Waals surface area contributed by atoms with Gasteiger partial charge >= 0.3 is 6.18 Å². The highest BCUT2D eigenvalue weighted by molar-refractivity contribution is 6.34. The van der Waals surface area contributed by atoms with E-state index in [2.05, 4.69) is 5.32 Å². The monoisotopic (exact) mass is 469 g/mol. The van der Waals surface area contributed by atoms with Crippen LogP contribution in [-0.4, -0.2) is 56.7 Å². The van der Waals surface area contributed by atoms with E-state index in [1.165, 1.54) is 6.07 Å². The molecule has 172 valence electrons. The lowest BCUT2D eigenvalue weighted by atomic mass is 10.1. The lowest BCUT2D eigenvalue weighted by Gasteiger charge is -2.36. The molecule has 1 amide bonds. The van der Waals surface area contributed by atoms with E-state index in [0.717, 1.165) is 18.6 Å². The molecule has 6 nitrogen and oxygen atoms in total. The number of hydrogen-bond acceptors (Lipinski definition) is 5. The number of ether oxygens (including phenoxy) is 2. The van der Waals surface area contributed by atoms with Gasteiger partial charge in [-0.1, -0.05) is 17.7 Å². The first kappa shape index (κ1) is 22.5. The normalized spacial score (nSPS) is 17.1. The van der Waals surface area contributed by atoms with Crippen molar-refractivity contribution in [3.63, 3.8) is 0 Å². The zero-order valence-corrected chi connectivity index (χ0v) is 18.0. The van der Waals surface area contributed by atoms with E-state index in [4.69, 9.17) is 21.1 Å². The molecule has 0 radical (unpaired) electrons. The van der Waals surface area contributed by atoms with E-state index in [1.54, 1.807) is 18.2 Å². The van der Waals surface area contributed by atoms with E-state index >= 15 is 0 Å². The van der Waals surface area contributed by atoms with E-state index in [0.29, 0.717) is 67.3 Å². The number of benzene rings is 2. The van der Waals surface area contributed by atoms with Crippen molar-refractivity contribution in [3.8, 4) is 11.5 Å². The molecular formula is C22H23ClF3N3O3. The molecule has 4 rings (SSSR count). The van der Waals surface area contributed by atoms with Gasteiger partial charge in [0, 0.05) is 50.4 Å². The molecule has 10 heteroatoms. The van der Waals surface area contributed by atoms with Crippen LogP contribution in [0, 0.1) is 0 Å². The molecular weight excluding hydrogens is 447 g/mol. The highest BCUT2D eigenvalue weighted by atomic mass is 35.5. The first-order valence-electron chi connectivity index (χ1n) is 10.3. The number of nitrogens with zero attached hydrogens (tertiary/aromatic N) is 2. The Morgan fingerprint density at radius 2 is 1.72 bits per heavy atom. The summed E-state index contributed by atoms with van der Waals surface area (Å²) in [5, 5.41) is 3.17. The summed E-state index contributed by atoms with van der Waals surface area (Å²) in [6.45, 7) is 3.39. The van der Waals surface area contributed by atoms with E-state index in [1.807, 2.05) is 9.80 Å². The summed E-state index contributed by atoms with van der Waals surface area (Å²) in [6, 6.07) is 8.60. The zero-order valence-electron chi connectivity index (χ0n) is 17.3. The van der Waals surface area contributed by atoms with E-state index in [-0.39, 0.29) is 12.5 Å². The minimum absolute atomic E-state index is 0.154. The molecule has 2 aromatic carbocycles. The van der Waals surface area contributed by atoms with Gasteiger partial charge in [-0.15, -0.1) is 0 Å². The molecule has 0 atom stereocenters. The second kappa shape index (κ2) is 9.46. The number of nitrogens with one attached hydrogen (secondary N) is 1. The minimum atomic E-state index is -4.37. The molecule has 2 aliphatic rings. The smallest absolute Gasteiger partial charge is 0.416 e. The Hall–Kier alpha value is -2.65. The van der Waals surface area contributed by atoms with Gasteiger partial charge in [-0.3, -0.25) is 9.69 Å². The largest absolute Gasteiger partial charge is 0.490 e. The molecule has 0 bridgehead atoms. The van der Waals surface area contributed by atoms with Crippen LogP contribution in [0.3, 0.4) is 0 Å². The van der Waals surface area contributed by atoms with Crippen LogP contribution in [0.1, 0.15) is 12.0 Å². The van der Waals surface area contributed by atoms with Crippen molar-refractivity contribution in [1.29, 1.82) is 0 Å². The van der Waals surface area contributed by atoms with Crippen molar-refractivity contribution >= 4 is 28.9 Å². The van der Waals surface area contributed by atoms with E-state index < -0.39 is 11.7 Å². The maximum atomic E-state index is 13.0. The molecule has 2 aliphatic heterocycles. The van der Waals surface area contributed by atoms with Crippen LogP contribution in [0.15, 0.2) is 36.4 Å². The number of anilines is 2. The van der Waals surface area contributed by atoms with E-state index in [9.17, 15) is 18.0 Å². The van der Waals surface area contributed by atoms with Crippen molar-refractivity contribution < 1.29 is 27.4 Å². The molecule has 0 saturated carbocycles. The SMILES string of the molecule is O=C(CN1CCN(c2cccc(C(F)(F)F)c2)CC1)Nc1cc2c(cc1Cl)OCCCO2. The average molecular weight is 470 g/mol. The first-order chi connectivity index (χ1) is 15.3. The maximum absolute atomic E-state index is 13.0. The molecule has 2 aromatic rings. The number of amides is 1. The highest BCUT2D eigenvalue weighted by Gasteiger charge is 2.31. The van der Waals surface area contributed by atoms with Crippen LogP contribution in [0.2, 0.25) is 5.02 Å². The molecule has 0 spiro atoms. The van der Waals surface area contributed by atoms with Crippen molar-refractivity contribution in [2.24, 2.45) is 0 Å². The Morgan fingerprint density at radius 1 is 1.03 bits per heavy atom. The Labute approximate surface area is 188 Å². The maximum Gasteiger partial charge on any atom is 0.416 e. The minimum Gasteiger partial charge on any atom is -0.490 e. The van der Waals surface area contributed by atoms with Crippen molar-refractivity contribution in [2.75, 3.05) is 56.2 Å². The molecule has 1 N–H and O–H groups in total. The molecule has 0 aliphatic carbocycles. The van der Waals surface area contributed by atoms with Crippen LogP contribution in [0.4, 0.5) is 24.5 Å². The zero-order chi connectivity index (χ0) is 22.7. The van der Waals surface area contributed by atoms with Crippen LogP contribution in [0.5, 0.6) is 11.5 Å². The number of alkyl halides is 3. The third-order valence-electron chi connectivity index (χ3n) is 5.39. The van der Waals surface area contributed by atoms with Gasteiger partial charge in [0.15, 0.2) is 11.5 Å². The summed E-state index contributed by atoms with van der Waals surface area (Å²) in [5.74, 6) is 0.863. The quantitative estimate of drug-likeness (QED) is 0.724. The fourth-order valence-corrected chi connectivity index (χ4v) is 3.92. The predicted molar refractivity (Wildman–Crippen MR) is 116 cm³/mol. The van der Waals surface area contributed by atoms with Gasteiger partial charge in [0.25, 0.3) is 0 Å². The standard InChI is InChI=1S/C22H23ClF3N3O3/c23-17-12-19-20(32-10-2-9-31-19)13-18(17)27-21(30)14-28-5-7-29(8-6-28)16-4-1-3-15(11-16)22(24,25)26/h1,3-4,11-13H,2,5-10,14H2,(H,27,30). The van der Waals surface area contributed by atoms with Gasteiger partial charge in [0.1, 0.15) is 0 Å². The van der Waals surface area contributed by atoms with Gasteiger partial charge in [0.05, 0.1) is 36.0 Å².